The highest BCUT2D eigenvalue weighted by Crippen LogP contribution is 2.35. The van der Waals surface area contributed by atoms with E-state index in [0.29, 0.717) is 41.3 Å². The first-order valence-electron chi connectivity index (χ1n) is 14.3. The summed E-state index contributed by atoms with van der Waals surface area (Å²) in [6, 6.07) is 30.9. The van der Waals surface area contributed by atoms with Crippen LogP contribution in [0.5, 0.6) is 11.5 Å². The van der Waals surface area contributed by atoms with Crippen molar-refractivity contribution in [3.05, 3.63) is 125 Å². The van der Waals surface area contributed by atoms with E-state index < -0.39 is 18.4 Å². The second-order valence-electron chi connectivity index (χ2n) is 10.1. The molecule has 0 fully saturated rings. The highest BCUT2D eigenvalue weighted by molar-refractivity contribution is 5.87. The van der Waals surface area contributed by atoms with Gasteiger partial charge in [-0.25, -0.2) is 4.79 Å². The van der Waals surface area contributed by atoms with Crippen molar-refractivity contribution in [2.45, 2.75) is 38.8 Å². The number of nitriles is 1. The van der Waals surface area contributed by atoms with Gasteiger partial charge in [0.25, 0.3) is 5.91 Å². The molecule has 9 heteroatoms. The molecule has 1 amide bonds. The molecular formula is C35H33N3O6. The highest BCUT2D eigenvalue weighted by Gasteiger charge is 2.37. The summed E-state index contributed by atoms with van der Waals surface area (Å²) in [5, 5.41) is 12.6. The van der Waals surface area contributed by atoms with Crippen LogP contribution in [0.2, 0.25) is 0 Å². The lowest BCUT2D eigenvalue weighted by Crippen LogP contribution is -2.49. The predicted octanol–water partition coefficient (Wildman–Crippen LogP) is 6.38. The average Bonchev–Trinajstić information content (AvgIpc) is 3.06. The molecule has 1 aliphatic rings. The Kier molecular flexibility index (Phi) is 9.62. The number of benzene rings is 4. The molecule has 0 aliphatic carbocycles. The monoisotopic (exact) mass is 591 g/mol. The molecule has 0 aromatic heterocycles. The van der Waals surface area contributed by atoms with Crippen LogP contribution in [0.4, 0.5) is 10.5 Å². The maximum Gasteiger partial charge on any atom is 0.510 e. The largest absolute Gasteiger partial charge is 0.510 e. The number of carbonyl (C=O) groups excluding carboxylic acids is 2. The van der Waals surface area contributed by atoms with Gasteiger partial charge in [0.05, 0.1) is 25.3 Å². The Labute approximate surface area is 256 Å². The lowest BCUT2D eigenvalue weighted by molar-refractivity contribution is -0.146. The van der Waals surface area contributed by atoms with Gasteiger partial charge in [0.2, 0.25) is 0 Å². The standard InChI is InChI=1S/C35H33N3O6/c1-3-42-35(40)44-32-20-26-11-7-8-12-28(26)22-38(32)34(39)33(37-29-16-13-24(21-36)14-17-29)27-15-18-30(31(19-27)41-2)43-23-25-9-5-4-6-10-25/h4-19,32-33,37H,3,20,22-23H2,1-2H3. The fraction of sp³-hybridized carbons (Fsp3) is 0.229. The number of ether oxygens (including phenoxy) is 4. The maximum atomic E-state index is 14.5. The van der Waals surface area contributed by atoms with Crippen LogP contribution >= 0.6 is 0 Å². The van der Waals surface area contributed by atoms with Crippen molar-refractivity contribution >= 4 is 17.7 Å². The minimum atomic E-state index is -0.904. The van der Waals surface area contributed by atoms with E-state index in [0.717, 1.165) is 16.7 Å². The number of rotatable bonds is 10. The molecule has 5 rings (SSSR count). The minimum absolute atomic E-state index is 0.150. The third-order valence-electron chi connectivity index (χ3n) is 7.31. The van der Waals surface area contributed by atoms with Crippen LogP contribution in [-0.4, -0.2) is 36.9 Å². The number of nitrogens with zero attached hydrogens (tertiary/aromatic N) is 2. The number of fused-ring (bicyclic) bond motifs is 1. The molecule has 1 N–H and O–H groups in total. The van der Waals surface area contributed by atoms with Crippen LogP contribution in [0.15, 0.2) is 97.1 Å². The first-order chi connectivity index (χ1) is 21.5. The summed E-state index contributed by atoms with van der Waals surface area (Å²) in [7, 11) is 1.55. The SMILES string of the molecule is CCOC(=O)OC1Cc2ccccc2CN1C(=O)C(Nc1ccc(C#N)cc1)c1ccc(OCc2ccccc2)c(OC)c1. The number of hydrogen-bond acceptors (Lipinski definition) is 8. The summed E-state index contributed by atoms with van der Waals surface area (Å²) in [6.45, 7) is 2.43. The molecule has 2 atom stereocenters. The van der Waals surface area contributed by atoms with Gasteiger partial charge >= 0.3 is 6.16 Å². The van der Waals surface area contributed by atoms with Crippen LogP contribution in [0.1, 0.15) is 40.8 Å². The molecular weight excluding hydrogens is 558 g/mol. The molecule has 0 bridgehead atoms. The van der Waals surface area contributed by atoms with Crippen molar-refractivity contribution < 1.29 is 28.5 Å². The van der Waals surface area contributed by atoms with Crippen molar-refractivity contribution in [3.63, 3.8) is 0 Å². The van der Waals surface area contributed by atoms with Gasteiger partial charge in [-0.2, -0.15) is 5.26 Å². The van der Waals surface area contributed by atoms with Gasteiger partial charge in [0.15, 0.2) is 17.7 Å². The van der Waals surface area contributed by atoms with Crippen molar-refractivity contribution in [3.8, 4) is 17.6 Å². The van der Waals surface area contributed by atoms with Crippen LogP contribution in [0, 0.1) is 11.3 Å². The first-order valence-corrected chi connectivity index (χ1v) is 14.3. The van der Waals surface area contributed by atoms with E-state index in [1.807, 2.05) is 54.6 Å². The summed E-state index contributed by atoms with van der Waals surface area (Å²) >= 11 is 0. The summed E-state index contributed by atoms with van der Waals surface area (Å²) in [6.07, 6.45) is -1.40. The number of anilines is 1. The van der Waals surface area contributed by atoms with E-state index in [2.05, 4.69) is 11.4 Å². The Hall–Kier alpha value is -5.49. The summed E-state index contributed by atoms with van der Waals surface area (Å²) in [5.41, 5.74) is 4.69. The van der Waals surface area contributed by atoms with E-state index in [-0.39, 0.29) is 19.1 Å². The summed E-state index contributed by atoms with van der Waals surface area (Å²) < 4.78 is 22.4. The van der Waals surface area contributed by atoms with Crippen LogP contribution in [-0.2, 0) is 33.8 Å². The van der Waals surface area contributed by atoms with Gasteiger partial charge in [0.1, 0.15) is 12.6 Å². The Morgan fingerprint density at radius 3 is 2.39 bits per heavy atom. The van der Waals surface area contributed by atoms with E-state index in [9.17, 15) is 14.9 Å². The van der Waals surface area contributed by atoms with E-state index in [4.69, 9.17) is 18.9 Å². The molecule has 1 aliphatic heterocycles. The van der Waals surface area contributed by atoms with Gasteiger partial charge < -0.3 is 29.2 Å². The first kappa shape index (κ1) is 30.0. The smallest absolute Gasteiger partial charge is 0.493 e. The molecule has 2 unspecified atom stereocenters. The fourth-order valence-electron chi connectivity index (χ4n) is 5.06. The van der Waals surface area contributed by atoms with Gasteiger partial charge in [0, 0.05) is 18.7 Å². The number of carbonyl (C=O) groups is 2. The van der Waals surface area contributed by atoms with Crippen molar-refractivity contribution in [2.75, 3.05) is 19.0 Å². The van der Waals surface area contributed by atoms with Crippen molar-refractivity contribution in [1.29, 1.82) is 5.26 Å². The molecule has 1 heterocycles. The second-order valence-corrected chi connectivity index (χ2v) is 10.1. The quantitative estimate of drug-likeness (QED) is 0.212. The van der Waals surface area contributed by atoms with Crippen molar-refractivity contribution in [1.82, 2.24) is 4.90 Å². The van der Waals surface area contributed by atoms with Crippen LogP contribution < -0.4 is 14.8 Å². The van der Waals surface area contributed by atoms with Gasteiger partial charge in [-0.1, -0.05) is 60.7 Å². The van der Waals surface area contributed by atoms with E-state index in [1.54, 1.807) is 61.4 Å². The lowest BCUT2D eigenvalue weighted by Gasteiger charge is -2.38. The van der Waals surface area contributed by atoms with Crippen LogP contribution in [0.25, 0.3) is 0 Å². The Bertz CT molecular complexity index is 1630. The Balaban J connectivity index is 1.49. The second kappa shape index (κ2) is 14.1. The molecule has 224 valence electrons. The van der Waals surface area contributed by atoms with Crippen LogP contribution in [0.3, 0.4) is 0 Å². The highest BCUT2D eigenvalue weighted by atomic mass is 16.7. The van der Waals surface area contributed by atoms with Gasteiger partial charge in [-0.05, 0) is 65.6 Å². The molecule has 9 nitrogen and oxygen atoms in total. The molecule has 0 saturated carbocycles. The Morgan fingerprint density at radius 1 is 0.955 bits per heavy atom. The number of hydrogen-bond donors (Lipinski definition) is 1. The molecule has 4 aromatic carbocycles. The zero-order chi connectivity index (χ0) is 30.9. The van der Waals surface area contributed by atoms with E-state index >= 15 is 0 Å². The van der Waals surface area contributed by atoms with Gasteiger partial charge in [-0.15, -0.1) is 0 Å². The molecule has 44 heavy (non-hydrogen) atoms. The molecule has 0 radical (unpaired) electrons. The van der Waals surface area contributed by atoms with Gasteiger partial charge in [-0.3, -0.25) is 4.79 Å². The maximum absolute atomic E-state index is 14.5. The predicted molar refractivity (Wildman–Crippen MR) is 164 cm³/mol. The normalized spacial score (nSPS) is 14.4. The van der Waals surface area contributed by atoms with E-state index in [1.165, 1.54) is 0 Å². The van der Waals surface area contributed by atoms with Crippen molar-refractivity contribution in [2.24, 2.45) is 0 Å². The summed E-state index contributed by atoms with van der Waals surface area (Å²) in [5.74, 6) is 0.666. The fourth-order valence-corrected chi connectivity index (χ4v) is 5.06. The summed E-state index contributed by atoms with van der Waals surface area (Å²) in [4.78, 5) is 28.4. The molecule has 0 saturated heterocycles. The number of amides is 1. The lowest BCUT2D eigenvalue weighted by atomic mass is 9.96. The zero-order valence-electron chi connectivity index (χ0n) is 24.6. The average molecular weight is 592 g/mol. The third-order valence-corrected chi connectivity index (χ3v) is 7.31. The zero-order valence-corrected chi connectivity index (χ0v) is 24.6. The Morgan fingerprint density at radius 2 is 1.68 bits per heavy atom. The topological polar surface area (TPSA) is 110 Å². The third kappa shape index (κ3) is 7.10. The molecule has 0 spiro atoms. The number of methoxy groups -OCH3 is 1. The minimum Gasteiger partial charge on any atom is -0.493 e. The molecule has 4 aromatic rings. The number of nitrogens with one attached hydrogen (secondary N) is 1.